The fourth-order valence-electron chi connectivity index (χ4n) is 3.70. The van der Waals surface area contributed by atoms with Crippen LogP contribution in [0.4, 0.5) is 14.5 Å². The van der Waals surface area contributed by atoms with Gasteiger partial charge >= 0.3 is 6.61 Å². The lowest BCUT2D eigenvalue weighted by Crippen LogP contribution is -2.45. The second kappa shape index (κ2) is 7.26. The number of alkyl halides is 2. The maximum Gasteiger partial charge on any atom is 0.387 e. The first-order valence-electron chi connectivity index (χ1n) is 8.55. The average Bonchev–Trinajstić information content (AvgIpc) is 3.24. The number of amides is 1. The van der Waals surface area contributed by atoms with E-state index in [0.29, 0.717) is 38.0 Å². The molecule has 1 aliphatic carbocycles. The van der Waals surface area contributed by atoms with Crippen LogP contribution in [0, 0.1) is 16.7 Å². The molecule has 25 heavy (non-hydrogen) atoms. The molecule has 0 bridgehead atoms. The number of hydrogen-bond acceptors (Lipinski definition) is 4. The number of ether oxygens (including phenoxy) is 1. The number of halogens is 2. The molecular weight excluding hydrogens is 328 g/mol. The summed E-state index contributed by atoms with van der Waals surface area (Å²) in [5.41, 5.74) is -0.306. The van der Waals surface area contributed by atoms with Gasteiger partial charge in [-0.1, -0.05) is 25.0 Å². The molecular formula is C18H21F2N3O2. The van der Waals surface area contributed by atoms with E-state index >= 15 is 0 Å². The summed E-state index contributed by atoms with van der Waals surface area (Å²) in [5, 5.41) is 12.4. The Bertz CT molecular complexity index is 669. The number of hydrogen-bond donors (Lipinski definition) is 1. The van der Waals surface area contributed by atoms with Gasteiger partial charge in [0, 0.05) is 19.1 Å². The summed E-state index contributed by atoms with van der Waals surface area (Å²) in [6, 6.07) is 8.75. The van der Waals surface area contributed by atoms with Crippen LogP contribution in [0.1, 0.15) is 32.1 Å². The maximum absolute atomic E-state index is 12.6. The fourth-order valence-corrected chi connectivity index (χ4v) is 3.70. The Morgan fingerprint density at radius 3 is 2.76 bits per heavy atom. The molecule has 2 aliphatic rings. The van der Waals surface area contributed by atoms with Gasteiger partial charge in [0.15, 0.2) is 0 Å². The summed E-state index contributed by atoms with van der Waals surface area (Å²) in [7, 11) is 0. The standard InChI is InChI=1S/C18H21F2N3O2/c19-17(20)25-15-6-2-1-5-14(15)23-10-7-13(11-23)22-16(24)18(12-21)8-3-4-9-18/h1-2,5-6,13,17H,3-4,7-11H2,(H,22,24). The van der Waals surface area contributed by atoms with Crippen LogP contribution in [0.15, 0.2) is 24.3 Å². The van der Waals surface area contributed by atoms with Crippen molar-refractivity contribution in [3.63, 3.8) is 0 Å². The lowest BCUT2D eigenvalue weighted by molar-refractivity contribution is -0.128. The van der Waals surface area contributed by atoms with Gasteiger partial charge in [0.05, 0.1) is 11.8 Å². The normalized spacial score (nSPS) is 22.0. The van der Waals surface area contributed by atoms with E-state index < -0.39 is 12.0 Å². The van der Waals surface area contributed by atoms with Crippen LogP contribution in [0.5, 0.6) is 5.75 Å². The number of benzene rings is 1. The minimum atomic E-state index is -2.88. The minimum absolute atomic E-state index is 0.0991. The molecule has 0 aromatic heterocycles. The molecule has 1 amide bonds. The zero-order valence-electron chi connectivity index (χ0n) is 13.9. The topological polar surface area (TPSA) is 65.4 Å². The van der Waals surface area contributed by atoms with Crippen LogP contribution < -0.4 is 15.0 Å². The number of carbonyl (C=O) groups excluding carboxylic acids is 1. The predicted octanol–water partition coefficient (Wildman–Crippen LogP) is 3.07. The van der Waals surface area contributed by atoms with Crippen LogP contribution in [0.3, 0.4) is 0 Å². The lowest BCUT2D eigenvalue weighted by atomic mass is 9.87. The van der Waals surface area contributed by atoms with Gasteiger partial charge in [-0.25, -0.2) is 0 Å². The SMILES string of the molecule is N#CC1(C(=O)NC2CCN(c3ccccc3OC(F)F)C2)CCCC1. The van der Waals surface area contributed by atoms with Crippen molar-refractivity contribution in [1.82, 2.24) is 5.32 Å². The smallest absolute Gasteiger partial charge is 0.387 e. The van der Waals surface area contributed by atoms with Gasteiger partial charge in [-0.3, -0.25) is 4.79 Å². The van der Waals surface area contributed by atoms with Crippen molar-refractivity contribution in [2.45, 2.75) is 44.8 Å². The number of carbonyl (C=O) groups is 1. The molecule has 134 valence electrons. The Balaban J connectivity index is 1.65. The third kappa shape index (κ3) is 3.68. The second-order valence-corrected chi connectivity index (χ2v) is 6.65. The molecule has 3 rings (SSSR count). The van der Waals surface area contributed by atoms with Crippen molar-refractivity contribution in [1.29, 1.82) is 5.26 Å². The van der Waals surface area contributed by atoms with E-state index in [1.807, 2.05) is 4.90 Å². The molecule has 5 nitrogen and oxygen atoms in total. The first kappa shape index (κ1) is 17.5. The van der Waals surface area contributed by atoms with Crippen LogP contribution in [0.2, 0.25) is 0 Å². The molecule has 1 N–H and O–H groups in total. The van der Waals surface area contributed by atoms with Gasteiger partial charge in [-0.15, -0.1) is 0 Å². The molecule has 0 radical (unpaired) electrons. The van der Waals surface area contributed by atoms with Gasteiger partial charge < -0.3 is 15.0 Å². The molecule has 0 spiro atoms. The average molecular weight is 349 g/mol. The second-order valence-electron chi connectivity index (χ2n) is 6.65. The third-order valence-corrected chi connectivity index (χ3v) is 5.05. The van der Waals surface area contributed by atoms with E-state index in [4.69, 9.17) is 0 Å². The molecule has 1 heterocycles. The Morgan fingerprint density at radius 2 is 2.08 bits per heavy atom. The molecule has 1 saturated carbocycles. The van der Waals surface area contributed by atoms with Crippen LogP contribution >= 0.6 is 0 Å². The molecule has 1 aliphatic heterocycles. The summed E-state index contributed by atoms with van der Waals surface area (Å²) in [6.45, 7) is -1.73. The van der Waals surface area contributed by atoms with E-state index in [9.17, 15) is 18.8 Å². The number of nitriles is 1. The number of para-hydroxylation sites is 2. The molecule has 1 aromatic carbocycles. The van der Waals surface area contributed by atoms with Gasteiger partial charge in [-0.2, -0.15) is 14.0 Å². The van der Waals surface area contributed by atoms with Crippen molar-refractivity contribution in [3.8, 4) is 11.8 Å². The van der Waals surface area contributed by atoms with Crippen molar-refractivity contribution >= 4 is 11.6 Å². The fraction of sp³-hybridized carbons (Fsp3) is 0.556. The Hall–Kier alpha value is -2.36. The first-order valence-corrected chi connectivity index (χ1v) is 8.55. The number of rotatable bonds is 5. The molecule has 1 aromatic rings. The monoisotopic (exact) mass is 349 g/mol. The van der Waals surface area contributed by atoms with E-state index in [1.54, 1.807) is 18.2 Å². The van der Waals surface area contributed by atoms with E-state index in [1.165, 1.54) is 6.07 Å². The number of nitrogens with one attached hydrogen (secondary N) is 1. The lowest BCUT2D eigenvalue weighted by Gasteiger charge is -2.24. The van der Waals surface area contributed by atoms with Crippen molar-refractivity contribution in [2.75, 3.05) is 18.0 Å². The van der Waals surface area contributed by atoms with Crippen molar-refractivity contribution in [2.24, 2.45) is 5.41 Å². The molecule has 1 atom stereocenters. The van der Waals surface area contributed by atoms with E-state index in [2.05, 4.69) is 16.1 Å². The van der Waals surface area contributed by atoms with E-state index in [-0.39, 0.29) is 17.7 Å². The largest absolute Gasteiger partial charge is 0.433 e. The highest BCUT2D eigenvalue weighted by atomic mass is 19.3. The zero-order chi connectivity index (χ0) is 17.9. The van der Waals surface area contributed by atoms with Crippen LogP contribution in [-0.2, 0) is 4.79 Å². The van der Waals surface area contributed by atoms with Gasteiger partial charge in [0.1, 0.15) is 11.2 Å². The summed E-state index contributed by atoms with van der Waals surface area (Å²) < 4.78 is 29.7. The zero-order valence-corrected chi connectivity index (χ0v) is 13.9. The molecule has 1 unspecified atom stereocenters. The van der Waals surface area contributed by atoms with Crippen molar-refractivity contribution < 1.29 is 18.3 Å². The molecule has 7 heteroatoms. The summed E-state index contributed by atoms with van der Waals surface area (Å²) in [6.07, 6.45) is 3.72. The van der Waals surface area contributed by atoms with E-state index in [0.717, 1.165) is 12.8 Å². The Kier molecular flexibility index (Phi) is 5.07. The van der Waals surface area contributed by atoms with Gasteiger partial charge in [0.2, 0.25) is 5.91 Å². The summed E-state index contributed by atoms with van der Waals surface area (Å²) in [4.78, 5) is 14.5. The number of nitrogens with zero attached hydrogens (tertiary/aromatic N) is 2. The van der Waals surface area contributed by atoms with Crippen LogP contribution in [0.25, 0.3) is 0 Å². The minimum Gasteiger partial charge on any atom is -0.433 e. The Labute approximate surface area is 145 Å². The quantitative estimate of drug-likeness (QED) is 0.887. The molecule has 2 fully saturated rings. The Morgan fingerprint density at radius 1 is 1.36 bits per heavy atom. The van der Waals surface area contributed by atoms with Crippen LogP contribution in [-0.4, -0.2) is 31.7 Å². The summed E-state index contributed by atoms with van der Waals surface area (Å²) in [5.74, 6) is -0.0646. The first-order chi connectivity index (χ1) is 12.0. The highest BCUT2D eigenvalue weighted by molar-refractivity contribution is 5.86. The number of anilines is 1. The highest BCUT2D eigenvalue weighted by Crippen LogP contribution is 2.38. The third-order valence-electron chi connectivity index (χ3n) is 5.05. The molecule has 1 saturated heterocycles. The van der Waals surface area contributed by atoms with Gasteiger partial charge in [0.25, 0.3) is 0 Å². The van der Waals surface area contributed by atoms with Crippen molar-refractivity contribution in [3.05, 3.63) is 24.3 Å². The summed E-state index contributed by atoms with van der Waals surface area (Å²) >= 11 is 0. The highest BCUT2D eigenvalue weighted by Gasteiger charge is 2.42. The predicted molar refractivity (Wildman–Crippen MR) is 88.3 cm³/mol. The maximum atomic E-state index is 12.6. The van der Waals surface area contributed by atoms with Gasteiger partial charge in [-0.05, 0) is 31.4 Å².